The first-order valence-corrected chi connectivity index (χ1v) is 5.85. The topological polar surface area (TPSA) is 48.1 Å². The number of nitrogens with zero attached hydrogens (tertiary/aromatic N) is 1. The van der Waals surface area contributed by atoms with Gasteiger partial charge in [0.05, 0.1) is 17.8 Å². The molecule has 14 heavy (non-hydrogen) atoms. The van der Waals surface area contributed by atoms with E-state index in [0.29, 0.717) is 6.61 Å². The Morgan fingerprint density at radius 1 is 1.57 bits per heavy atom. The lowest BCUT2D eigenvalue weighted by molar-refractivity contribution is 0.181. The monoisotopic (exact) mass is 212 g/mol. The van der Waals surface area contributed by atoms with Gasteiger partial charge in [0.2, 0.25) is 0 Å². The molecule has 1 fully saturated rings. The molecule has 0 radical (unpaired) electrons. The highest BCUT2D eigenvalue weighted by atomic mass is 32.1. The predicted octanol–water partition coefficient (Wildman–Crippen LogP) is 2.02. The zero-order valence-corrected chi connectivity index (χ0v) is 9.27. The molecule has 78 valence electrons. The molecule has 1 aromatic heterocycles. The number of rotatable bonds is 3. The second-order valence-electron chi connectivity index (χ2n) is 3.94. The van der Waals surface area contributed by atoms with Gasteiger partial charge in [0.1, 0.15) is 5.01 Å². The second kappa shape index (κ2) is 3.96. The molecule has 2 N–H and O–H groups in total. The third kappa shape index (κ3) is 1.82. The Morgan fingerprint density at radius 3 is 2.93 bits per heavy atom. The molecule has 1 saturated carbocycles. The van der Waals surface area contributed by atoms with Crippen molar-refractivity contribution in [1.29, 1.82) is 0 Å². The summed E-state index contributed by atoms with van der Waals surface area (Å²) < 4.78 is 5.04. The number of nitrogens with two attached hydrogens (primary N) is 1. The average molecular weight is 212 g/mol. The largest absolute Gasteiger partial charge is 0.378 e. The standard InChI is InChI=1S/C10H16N2OS/c1-13-6-8-7-14-9(12-8)10(11)4-2-3-5-10/h7H,2-6,11H2,1H3. The van der Waals surface area contributed by atoms with Crippen molar-refractivity contribution in [3.63, 3.8) is 0 Å². The second-order valence-corrected chi connectivity index (χ2v) is 4.80. The van der Waals surface area contributed by atoms with E-state index in [2.05, 4.69) is 4.98 Å². The van der Waals surface area contributed by atoms with Crippen LogP contribution >= 0.6 is 11.3 Å². The zero-order valence-electron chi connectivity index (χ0n) is 8.45. The number of aromatic nitrogens is 1. The van der Waals surface area contributed by atoms with Crippen molar-refractivity contribution in [1.82, 2.24) is 4.98 Å². The Labute approximate surface area is 88.3 Å². The molecule has 1 aliphatic carbocycles. The number of ether oxygens (including phenoxy) is 1. The van der Waals surface area contributed by atoms with E-state index in [-0.39, 0.29) is 5.54 Å². The zero-order chi connectivity index (χ0) is 10.0. The maximum absolute atomic E-state index is 6.30. The molecule has 2 rings (SSSR count). The fraction of sp³-hybridized carbons (Fsp3) is 0.700. The molecular weight excluding hydrogens is 196 g/mol. The van der Waals surface area contributed by atoms with Gasteiger partial charge in [0.15, 0.2) is 0 Å². The SMILES string of the molecule is COCc1csc(C2(N)CCCC2)n1. The first-order chi connectivity index (χ1) is 6.74. The van der Waals surface area contributed by atoms with Gasteiger partial charge in [-0.05, 0) is 12.8 Å². The Bertz CT molecular complexity index is 305. The molecule has 0 aliphatic heterocycles. The highest BCUT2D eigenvalue weighted by molar-refractivity contribution is 7.09. The molecule has 1 heterocycles. The van der Waals surface area contributed by atoms with Gasteiger partial charge < -0.3 is 10.5 Å². The summed E-state index contributed by atoms with van der Waals surface area (Å²) in [4.78, 5) is 4.52. The highest BCUT2D eigenvalue weighted by Gasteiger charge is 2.33. The van der Waals surface area contributed by atoms with E-state index in [0.717, 1.165) is 23.5 Å². The Kier molecular flexibility index (Phi) is 2.85. The molecule has 0 bridgehead atoms. The summed E-state index contributed by atoms with van der Waals surface area (Å²) in [6.45, 7) is 0.590. The van der Waals surface area contributed by atoms with E-state index >= 15 is 0 Å². The lowest BCUT2D eigenvalue weighted by Gasteiger charge is -2.19. The van der Waals surface area contributed by atoms with Crippen LogP contribution in [-0.2, 0) is 16.9 Å². The fourth-order valence-electron chi connectivity index (χ4n) is 1.97. The van der Waals surface area contributed by atoms with Crippen LogP contribution < -0.4 is 5.73 Å². The van der Waals surface area contributed by atoms with Crippen molar-refractivity contribution in [2.24, 2.45) is 5.73 Å². The van der Waals surface area contributed by atoms with Crippen LogP contribution in [0, 0.1) is 0 Å². The van der Waals surface area contributed by atoms with Crippen LogP contribution in [0.4, 0.5) is 0 Å². The lowest BCUT2D eigenvalue weighted by atomic mass is 10.0. The smallest absolute Gasteiger partial charge is 0.113 e. The van der Waals surface area contributed by atoms with Gasteiger partial charge in [-0.2, -0.15) is 0 Å². The predicted molar refractivity (Wildman–Crippen MR) is 57.2 cm³/mol. The van der Waals surface area contributed by atoms with Crippen molar-refractivity contribution in [3.05, 3.63) is 16.1 Å². The van der Waals surface area contributed by atoms with Gasteiger partial charge in [-0.1, -0.05) is 12.8 Å². The Morgan fingerprint density at radius 2 is 2.29 bits per heavy atom. The summed E-state index contributed by atoms with van der Waals surface area (Å²) in [5.41, 5.74) is 7.16. The Hall–Kier alpha value is -0.450. The van der Waals surface area contributed by atoms with E-state index in [1.165, 1.54) is 12.8 Å². The van der Waals surface area contributed by atoms with Crippen molar-refractivity contribution >= 4 is 11.3 Å². The molecule has 3 nitrogen and oxygen atoms in total. The summed E-state index contributed by atoms with van der Waals surface area (Å²) >= 11 is 1.67. The third-order valence-corrected chi connectivity index (χ3v) is 3.88. The van der Waals surface area contributed by atoms with Crippen molar-refractivity contribution < 1.29 is 4.74 Å². The number of methoxy groups -OCH3 is 1. The molecular formula is C10H16N2OS. The van der Waals surface area contributed by atoms with Crippen LogP contribution in [0.25, 0.3) is 0 Å². The summed E-state index contributed by atoms with van der Waals surface area (Å²) in [5.74, 6) is 0. The summed E-state index contributed by atoms with van der Waals surface area (Å²) in [7, 11) is 1.69. The molecule has 0 atom stereocenters. The maximum atomic E-state index is 6.30. The molecule has 0 amide bonds. The van der Waals surface area contributed by atoms with Gasteiger partial charge in [-0.3, -0.25) is 0 Å². The van der Waals surface area contributed by atoms with Crippen LogP contribution in [0.15, 0.2) is 5.38 Å². The Balaban J connectivity index is 2.15. The normalized spacial score (nSPS) is 20.1. The first-order valence-electron chi connectivity index (χ1n) is 4.97. The van der Waals surface area contributed by atoms with Crippen LogP contribution in [-0.4, -0.2) is 12.1 Å². The summed E-state index contributed by atoms with van der Waals surface area (Å²) in [6, 6.07) is 0. The van der Waals surface area contributed by atoms with Crippen molar-refractivity contribution in [2.45, 2.75) is 37.8 Å². The van der Waals surface area contributed by atoms with Gasteiger partial charge in [-0.25, -0.2) is 4.98 Å². The van der Waals surface area contributed by atoms with Crippen molar-refractivity contribution in [2.75, 3.05) is 7.11 Å². The van der Waals surface area contributed by atoms with Gasteiger partial charge in [0.25, 0.3) is 0 Å². The minimum atomic E-state index is -0.142. The molecule has 0 saturated heterocycles. The van der Waals surface area contributed by atoms with Crippen LogP contribution in [0.1, 0.15) is 36.4 Å². The third-order valence-electron chi connectivity index (χ3n) is 2.77. The van der Waals surface area contributed by atoms with E-state index in [1.807, 2.05) is 5.38 Å². The van der Waals surface area contributed by atoms with E-state index in [9.17, 15) is 0 Å². The van der Waals surface area contributed by atoms with Crippen LogP contribution in [0.3, 0.4) is 0 Å². The first kappa shape index (κ1) is 10.1. The number of hydrogen-bond acceptors (Lipinski definition) is 4. The van der Waals surface area contributed by atoms with Crippen LogP contribution in [0.5, 0.6) is 0 Å². The summed E-state index contributed by atoms with van der Waals surface area (Å²) in [6.07, 6.45) is 4.62. The number of thiazole rings is 1. The molecule has 0 unspecified atom stereocenters. The van der Waals surface area contributed by atoms with Gasteiger partial charge >= 0.3 is 0 Å². The van der Waals surface area contributed by atoms with E-state index in [1.54, 1.807) is 18.4 Å². The van der Waals surface area contributed by atoms with Gasteiger partial charge in [0, 0.05) is 12.5 Å². The van der Waals surface area contributed by atoms with Gasteiger partial charge in [-0.15, -0.1) is 11.3 Å². The quantitative estimate of drug-likeness (QED) is 0.834. The minimum Gasteiger partial charge on any atom is -0.378 e. The molecule has 1 aliphatic rings. The molecule has 1 aromatic rings. The molecule has 4 heteroatoms. The molecule has 0 aromatic carbocycles. The van der Waals surface area contributed by atoms with Crippen molar-refractivity contribution in [3.8, 4) is 0 Å². The minimum absolute atomic E-state index is 0.142. The highest BCUT2D eigenvalue weighted by Crippen LogP contribution is 2.37. The number of hydrogen-bond donors (Lipinski definition) is 1. The average Bonchev–Trinajstić information content (AvgIpc) is 2.75. The van der Waals surface area contributed by atoms with E-state index < -0.39 is 0 Å². The fourth-order valence-corrected chi connectivity index (χ4v) is 2.95. The summed E-state index contributed by atoms with van der Waals surface area (Å²) in [5, 5.41) is 3.13. The lowest BCUT2D eigenvalue weighted by Crippen LogP contribution is -2.32. The van der Waals surface area contributed by atoms with Crippen LogP contribution in [0.2, 0.25) is 0 Å². The molecule has 0 spiro atoms. The van der Waals surface area contributed by atoms with E-state index in [4.69, 9.17) is 10.5 Å². The maximum Gasteiger partial charge on any atom is 0.113 e.